The molecule has 196 valence electrons. The van der Waals surface area contributed by atoms with Crippen molar-refractivity contribution >= 4 is 58.1 Å². The van der Waals surface area contributed by atoms with E-state index < -0.39 is 23.3 Å². The number of benzene rings is 1. The lowest BCUT2D eigenvalue weighted by molar-refractivity contribution is -0.146. The van der Waals surface area contributed by atoms with Gasteiger partial charge in [-0.2, -0.15) is 0 Å². The monoisotopic (exact) mass is 563 g/mol. The van der Waals surface area contributed by atoms with Crippen LogP contribution in [-0.4, -0.2) is 35.3 Å². The van der Waals surface area contributed by atoms with Gasteiger partial charge in [-0.05, 0) is 37.5 Å². The molecule has 2 aromatic rings. The van der Waals surface area contributed by atoms with Crippen molar-refractivity contribution < 1.29 is 19.1 Å². The Morgan fingerprint density at radius 3 is 2.24 bits per heavy atom. The van der Waals surface area contributed by atoms with Gasteiger partial charge in [0.05, 0.1) is 27.6 Å². The van der Waals surface area contributed by atoms with Crippen LogP contribution in [0.25, 0.3) is 0 Å². The summed E-state index contributed by atoms with van der Waals surface area (Å²) in [5.41, 5.74) is 1.55. The third kappa shape index (κ3) is 5.79. The zero-order valence-corrected chi connectivity index (χ0v) is 22.7. The highest BCUT2D eigenvalue weighted by atomic mass is 35.5. The van der Waals surface area contributed by atoms with Crippen LogP contribution < -0.4 is 10.6 Å². The van der Waals surface area contributed by atoms with Gasteiger partial charge in [-0.3, -0.25) is 14.6 Å². The number of Topliss-reactive ketones (excluding diaryl/α,β-unsaturated/α-hetero) is 1. The van der Waals surface area contributed by atoms with E-state index in [2.05, 4.69) is 15.6 Å². The highest BCUT2D eigenvalue weighted by molar-refractivity contribution is 6.47. The van der Waals surface area contributed by atoms with Gasteiger partial charge in [0.1, 0.15) is 11.1 Å². The molecule has 2 aliphatic carbocycles. The van der Waals surface area contributed by atoms with Crippen molar-refractivity contribution in [2.24, 2.45) is 5.41 Å². The molecule has 0 radical (unpaired) electrons. The molecule has 0 bridgehead atoms. The average molecular weight is 565 g/mol. The van der Waals surface area contributed by atoms with Crippen molar-refractivity contribution in [1.82, 2.24) is 10.3 Å². The van der Waals surface area contributed by atoms with E-state index in [1.165, 1.54) is 12.4 Å². The van der Waals surface area contributed by atoms with Gasteiger partial charge in [0, 0.05) is 30.2 Å². The molecule has 1 atom stereocenters. The molecule has 1 aromatic heterocycles. The number of hydrogen-bond donors (Lipinski definition) is 2. The molecule has 7 nitrogen and oxygen atoms in total. The minimum Gasteiger partial charge on any atom is -0.464 e. The molecule has 1 unspecified atom stereocenters. The second-order valence-electron chi connectivity index (χ2n) is 9.30. The normalized spacial score (nSPS) is 17.6. The number of carbonyl (C=O) groups is 3. The van der Waals surface area contributed by atoms with E-state index in [4.69, 9.17) is 39.5 Å². The lowest BCUT2D eigenvalue weighted by Gasteiger charge is -2.43. The number of anilines is 1. The maximum Gasteiger partial charge on any atom is 0.328 e. The maximum absolute atomic E-state index is 12.9. The first-order valence-electron chi connectivity index (χ1n) is 12.3. The first kappa shape index (κ1) is 27.4. The summed E-state index contributed by atoms with van der Waals surface area (Å²) < 4.78 is 5.32. The smallest absolute Gasteiger partial charge is 0.328 e. The van der Waals surface area contributed by atoms with Crippen molar-refractivity contribution in [2.75, 3.05) is 11.9 Å². The molecule has 37 heavy (non-hydrogen) atoms. The molecule has 1 aromatic carbocycles. The summed E-state index contributed by atoms with van der Waals surface area (Å²) in [5, 5.41) is 6.53. The van der Waals surface area contributed by atoms with Gasteiger partial charge >= 0.3 is 5.97 Å². The third-order valence-corrected chi connectivity index (χ3v) is 7.84. The van der Waals surface area contributed by atoms with Crippen molar-refractivity contribution in [2.45, 2.75) is 57.9 Å². The number of rotatable bonds is 8. The number of pyridine rings is 1. The first-order valence-corrected chi connectivity index (χ1v) is 13.5. The SMILES string of the molecule is CCOC(=O)C(Cc1ccc(NC(=O)c2c(Cl)cncc2Cl)cc1)NC1=C(Cl)C(=O)C12CCCCCC2. The van der Waals surface area contributed by atoms with Gasteiger partial charge in [0.15, 0.2) is 5.78 Å². The molecule has 1 fully saturated rings. The van der Waals surface area contributed by atoms with E-state index in [0.29, 0.717) is 17.8 Å². The molecule has 4 rings (SSSR count). The average Bonchev–Trinajstić information content (AvgIpc) is 3.15. The van der Waals surface area contributed by atoms with Crippen LogP contribution >= 0.6 is 34.8 Å². The Labute approximate surface area is 230 Å². The summed E-state index contributed by atoms with van der Waals surface area (Å²) >= 11 is 18.5. The number of carbonyl (C=O) groups excluding carboxylic acids is 3. The molecule has 1 heterocycles. The van der Waals surface area contributed by atoms with Gasteiger partial charge in [0.25, 0.3) is 5.91 Å². The molecular weight excluding hydrogens is 537 g/mol. The third-order valence-electron chi connectivity index (χ3n) is 6.91. The van der Waals surface area contributed by atoms with Crippen molar-refractivity contribution in [3.8, 4) is 0 Å². The van der Waals surface area contributed by atoms with Crippen LogP contribution in [0.4, 0.5) is 5.69 Å². The molecule has 1 amide bonds. The number of hydrogen-bond acceptors (Lipinski definition) is 6. The molecule has 10 heteroatoms. The molecule has 1 saturated carbocycles. The Kier molecular flexibility index (Phi) is 8.78. The molecule has 2 N–H and O–H groups in total. The quantitative estimate of drug-likeness (QED) is 0.377. The number of ether oxygens (including phenoxy) is 1. The fraction of sp³-hybridized carbons (Fsp3) is 0.407. The second-order valence-corrected chi connectivity index (χ2v) is 10.5. The number of allylic oxidation sites excluding steroid dienone is 2. The van der Waals surface area contributed by atoms with Gasteiger partial charge in [-0.25, -0.2) is 4.79 Å². The van der Waals surface area contributed by atoms with E-state index >= 15 is 0 Å². The van der Waals surface area contributed by atoms with Gasteiger partial charge in [0.2, 0.25) is 0 Å². The van der Waals surface area contributed by atoms with Gasteiger partial charge in [-0.1, -0.05) is 72.6 Å². The second kappa shape index (κ2) is 11.8. The molecular formula is C27H28Cl3N3O4. The maximum atomic E-state index is 12.9. The Hall–Kier alpha value is -2.61. The summed E-state index contributed by atoms with van der Waals surface area (Å²) in [6.07, 6.45) is 8.57. The van der Waals surface area contributed by atoms with Crippen LogP contribution in [0.2, 0.25) is 10.0 Å². The Bertz CT molecular complexity index is 1200. The largest absolute Gasteiger partial charge is 0.464 e. The summed E-state index contributed by atoms with van der Waals surface area (Å²) in [5.74, 6) is -0.904. The number of nitrogens with one attached hydrogen (secondary N) is 2. The van der Waals surface area contributed by atoms with Crippen molar-refractivity contribution in [3.63, 3.8) is 0 Å². The summed E-state index contributed by atoms with van der Waals surface area (Å²) in [6.45, 7) is 1.98. The molecule has 1 spiro atoms. The number of nitrogens with zero attached hydrogens (tertiary/aromatic N) is 1. The van der Waals surface area contributed by atoms with Crippen molar-refractivity contribution in [1.29, 1.82) is 0 Å². The topological polar surface area (TPSA) is 97.4 Å². The number of esters is 1. The summed E-state index contributed by atoms with van der Waals surface area (Å²) in [7, 11) is 0. The van der Waals surface area contributed by atoms with Crippen LogP contribution in [0.15, 0.2) is 47.4 Å². The van der Waals surface area contributed by atoms with Crippen LogP contribution in [0, 0.1) is 5.41 Å². The zero-order valence-electron chi connectivity index (χ0n) is 20.4. The van der Waals surface area contributed by atoms with Crippen LogP contribution in [-0.2, 0) is 20.7 Å². The standard InChI is InChI=1S/C27H28Cl3N3O4/c1-2-37-26(36)20(33-23-22(30)24(34)27(23)11-5-3-4-6-12-27)13-16-7-9-17(10-8-16)32-25(35)21-18(28)14-31-15-19(21)29/h7-10,14-15,20,33H,2-6,11-13H2,1H3,(H,32,35). The lowest BCUT2D eigenvalue weighted by Crippen LogP contribution is -2.53. The Morgan fingerprint density at radius 2 is 1.65 bits per heavy atom. The fourth-order valence-corrected chi connectivity index (χ4v) is 5.94. The Morgan fingerprint density at radius 1 is 1.03 bits per heavy atom. The van der Waals surface area contributed by atoms with E-state index in [-0.39, 0.29) is 33.0 Å². The lowest BCUT2D eigenvalue weighted by atomic mass is 9.65. The van der Waals surface area contributed by atoms with Crippen LogP contribution in [0.5, 0.6) is 0 Å². The minimum atomic E-state index is -0.716. The van der Waals surface area contributed by atoms with E-state index in [1.807, 2.05) is 12.1 Å². The van der Waals surface area contributed by atoms with Crippen LogP contribution in [0.3, 0.4) is 0 Å². The number of aromatic nitrogens is 1. The van der Waals surface area contributed by atoms with E-state index in [0.717, 1.165) is 44.1 Å². The molecule has 2 aliphatic rings. The zero-order chi connectivity index (χ0) is 26.6. The molecule has 0 saturated heterocycles. The Balaban J connectivity index is 1.49. The van der Waals surface area contributed by atoms with Gasteiger partial charge < -0.3 is 15.4 Å². The van der Waals surface area contributed by atoms with Crippen molar-refractivity contribution in [3.05, 3.63) is 68.6 Å². The summed E-state index contributed by atoms with van der Waals surface area (Å²) in [6, 6.07) is 6.35. The highest BCUT2D eigenvalue weighted by Crippen LogP contribution is 2.52. The summed E-state index contributed by atoms with van der Waals surface area (Å²) in [4.78, 5) is 42.2. The number of ketones is 1. The fourth-order valence-electron chi connectivity index (χ4n) is 4.99. The number of halogens is 3. The van der Waals surface area contributed by atoms with Crippen LogP contribution in [0.1, 0.15) is 61.4 Å². The first-order chi connectivity index (χ1) is 17.8. The molecule has 0 aliphatic heterocycles. The highest BCUT2D eigenvalue weighted by Gasteiger charge is 2.53. The minimum absolute atomic E-state index is 0.0318. The van der Waals surface area contributed by atoms with E-state index in [9.17, 15) is 14.4 Å². The predicted molar refractivity (Wildman–Crippen MR) is 144 cm³/mol. The predicted octanol–water partition coefficient (Wildman–Crippen LogP) is 6.08. The number of amides is 1. The van der Waals surface area contributed by atoms with Gasteiger partial charge in [-0.15, -0.1) is 0 Å². The van der Waals surface area contributed by atoms with E-state index in [1.54, 1.807) is 19.1 Å².